The third kappa shape index (κ3) is 2.36. The van der Waals surface area contributed by atoms with Gasteiger partial charge < -0.3 is 9.72 Å². The Labute approximate surface area is 134 Å². The van der Waals surface area contributed by atoms with Crippen molar-refractivity contribution in [2.24, 2.45) is 0 Å². The highest BCUT2D eigenvalue weighted by molar-refractivity contribution is 5.97. The van der Waals surface area contributed by atoms with Gasteiger partial charge in [-0.1, -0.05) is 48.5 Å². The van der Waals surface area contributed by atoms with Crippen molar-refractivity contribution in [3.8, 4) is 28.0 Å². The minimum atomic E-state index is 0.860. The molecule has 0 saturated carbocycles. The van der Waals surface area contributed by atoms with Crippen LogP contribution in [0.3, 0.4) is 0 Å². The molecule has 23 heavy (non-hydrogen) atoms. The average molecular weight is 300 g/mol. The summed E-state index contributed by atoms with van der Waals surface area (Å²) >= 11 is 0. The van der Waals surface area contributed by atoms with Crippen LogP contribution in [0.25, 0.3) is 33.3 Å². The first-order valence-electron chi connectivity index (χ1n) is 7.53. The summed E-state index contributed by atoms with van der Waals surface area (Å²) in [6, 6.07) is 20.5. The number of hydrogen-bond acceptors (Lipinski definition) is 2. The molecular weight excluding hydrogens is 284 g/mol. The van der Waals surface area contributed by atoms with Crippen LogP contribution in [0.1, 0.15) is 0 Å². The fourth-order valence-corrected chi connectivity index (χ4v) is 2.88. The van der Waals surface area contributed by atoms with E-state index in [0.717, 1.165) is 39.0 Å². The van der Waals surface area contributed by atoms with Crippen LogP contribution in [0.2, 0.25) is 0 Å². The second-order valence-corrected chi connectivity index (χ2v) is 5.39. The van der Waals surface area contributed by atoms with E-state index in [4.69, 9.17) is 4.74 Å². The summed E-state index contributed by atoms with van der Waals surface area (Å²) in [4.78, 5) is 7.81. The van der Waals surface area contributed by atoms with E-state index in [0.29, 0.717) is 0 Å². The van der Waals surface area contributed by atoms with Gasteiger partial charge in [0.25, 0.3) is 0 Å². The molecule has 0 aliphatic heterocycles. The smallest absolute Gasteiger partial charge is 0.137 e. The Morgan fingerprint density at radius 3 is 2.48 bits per heavy atom. The molecule has 2 heterocycles. The molecule has 0 spiro atoms. The molecule has 0 amide bonds. The zero-order chi connectivity index (χ0) is 15.6. The summed E-state index contributed by atoms with van der Waals surface area (Å²) in [6.07, 6.45) is 3.89. The predicted molar refractivity (Wildman–Crippen MR) is 93.5 cm³/mol. The molecule has 0 aliphatic carbocycles. The van der Waals surface area contributed by atoms with Crippen LogP contribution in [-0.4, -0.2) is 17.1 Å². The van der Waals surface area contributed by atoms with E-state index in [-0.39, 0.29) is 0 Å². The molecule has 0 aliphatic rings. The number of fused-ring (bicyclic) bond motifs is 1. The van der Waals surface area contributed by atoms with E-state index in [1.54, 1.807) is 7.11 Å². The topological polar surface area (TPSA) is 37.9 Å². The Balaban J connectivity index is 1.92. The van der Waals surface area contributed by atoms with E-state index in [9.17, 15) is 0 Å². The van der Waals surface area contributed by atoms with Gasteiger partial charge in [-0.2, -0.15) is 0 Å². The van der Waals surface area contributed by atoms with Crippen molar-refractivity contribution in [3.63, 3.8) is 0 Å². The first-order chi connectivity index (χ1) is 11.4. The monoisotopic (exact) mass is 300 g/mol. The largest absolute Gasteiger partial charge is 0.496 e. The van der Waals surface area contributed by atoms with Crippen molar-refractivity contribution in [3.05, 3.63) is 73.1 Å². The summed E-state index contributed by atoms with van der Waals surface area (Å²) in [6.45, 7) is 0. The Morgan fingerprint density at radius 1 is 0.870 bits per heavy atom. The lowest BCUT2D eigenvalue weighted by atomic mass is 10.0. The Kier molecular flexibility index (Phi) is 3.31. The molecule has 0 radical (unpaired) electrons. The maximum absolute atomic E-state index is 5.50. The third-order valence-corrected chi connectivity index (χ3v) is 4.04. The van der Waals surface area contributed by atoms with Gasteiger partial charge in [-0.05, 0) is 17.7 Å². The summed E-state index contributed by atoms with van der Waals surface area (Å²) in [5, 5.41) is 1.09. The number of nitrogens with zero attached hydrogens (tertiary/aromatic N) is 1. The molecule has 3 heteroatoms. The Bertz CT molecular complexity index is 958. The maximum atomic E-state index is 5.50. The fraction of sp³-hybridized carbons (Fsp3) is 0.0500. The van der Waals surface area contributed by atoms with Crippen LogP contribution < -0.4 is 4.74 Å². The molecule has 4 rings (SSSR count). The molecule has 0 atom stereocenters. The minimum Gasteiger partial charge on any atom is -0.496 e. The molecule has 0 saturated heterocycles. The molecule has 0 fully saturated rings. The number of methoxy groups -OCH3 is 1. The van der Waals surface area contributed by atoms with E-state index in [1.807, 2.05) is 48.8 Å². The molecule has 1 N–H and O–H groups in total. The summed E-state index contributed by atoms with van der Waals surface area (Å²) < 4.78 is 5.50. The molecule has 0 bridgehead atoms. The number of hydrogen-bond donors (Lipinski definition) is 1. The minimum absolute atomic E-state index is 0.860. The van der Waals surface area contributed by atoms with E-state index in [2.05, 4.69) is 34.2 Å². The van der Waals surface area contributed by atoms with Crippen molar-refractivity contribution in [1.29, 1.82) is 0 Å². The van der Waals surface area contributed by atoms with Crippen LogP contribution in [0, 0.1) is 0 Å². The van der Waals surface area contributed by atoms with Crippen molar-refractivity contribution in [2.45, 2.75) is 0 Å². The van der Waals surface area contributed by atoms with Gasteiger partial charge in [0.1, 0.15) is 11.4 Å². The predicted octanol–water partition coefficient (Wildman–Crippen LogP) is 4.91. The van der Waals surface area contributed by atoms with E-state index >= 15 is 0 Å². The highest BCUT2D eigenvalue weighted by Crippen LogP contribution is 2.35. The summed E-state index contributed by atoms with van der Waals surface area (Å²) in [5.74, 6) is 0.860. The zero-order valence-electron chi connectivity index (χ0n) is 12.8. The van der Waals surface area contributed by atoms with Gasteiger partial charge in [-0.15, -0.1) is 0 Å². The number of nitrogens with one attached hydrogen (secondary N) is 1. The van der Waals surface area contributed by atoms with Gasteiger partial charge in [0.15, 0.2) is 0 Å². The lowest BCUT2D eigenvalue weighted by Crippen LogP contribution is -1.87. The fourth-order valence-electron chi connectivity index (χ4n) is 2.88. The molecule has 112 valence electrons. The highest BCUT2D eigenvalue weighted by atomic mass is 16.5. The highest BCUT2D eigenvalue weighted by Gasteiger charge is 2.12. The standard InChI is InChI=1S/C20H16N2O/c1-23-19-10-6-5-9-16(19)18-13-22-20-17(18)11-15(12-21-20)14-7-3-2-4-8-14/h2-13H,1H3,(H,21,22). The van der Waals surface area contributed by atoms with Gasteiger partial charge in [0.05, 0.1) is 7.11 Å². The molecule has 0 unspecified atom stereocenters. The van der Waals surface area contributed by atoms with Crippen LogP contribution in [0.4, 0.5) is 0 Å². The second kappa shape index (κ2) is 5.61. The van der Waals surface area contributed by atoms with E-state index in [1.165, 1.54) is 0 Å². The van der Waals surface area contributed by atoms with Crippen molar-refractivity contribution >= 4 is 11.0 Å². The normalized spacial score (nSPS) is 10.8. The average Bonchev–Trinajstić information content (AvgIpc) is 3.05. The number of benzene rings is 2. The SMILES string of the molecule is COc1ccccc1-c1c[nH]c2ncc(-c3ccccc3)cc12. The van der Waals surface area contributed by atoms with Crippen LogP contribution in [-0.2, 0) is 0 Å². The number of H-pyrrole nitrogens is 1. The summed E-state index contributed by atoms with van der Waals surface area (Å²) in [7, 11) is 1.70. The second-order valence-electron chi connectivity index (χ2n) is 5.39. The Hall–Kier alpha value is -3.07. The number of rotatable bonds is 3. The van der Waals surface area contributed by atoms with Gasteiger partial charge in [0, 0.05) is 34.5 Å². The first-order valence-corrected chi connectivity index (χ1v) is 7.53. The number of aromatic amines is 1. The number of para-hydroxylation sites is 1. The number of pyridine rings is 1. The van der Waals surface area contributed by atoms with Gasteiger partial charge in [-0.3, -0.25) is 0 Å². The lowest BCUT2D eigenvalue weighted by Gasteiger charge is -2.07. The van der Waals surface area contributed by atoms with Crippen molar-refractivity contribution in [2.75, 3.05) is 7.11 Å². The molecule has 2 aromatic heterocycles. The van der Waals surface area contributed by atoms with Gasteiger partial charge in [-0.25, -0.2) is 4.98 Å². The molecular formula is C20H16N2O. The van der Waals surface area contributed by atoms with Crippen LogP contribution in [0.5, 0.6) is 5.75 Å². The van der Waals surface area contributed by atoms with Crippen molar-refractivity contribution in [1.82, 2.24) is 9.97 Å². The molecule has 4 aromatic rings. The third-order valence-electron chi connectivity index (χ3n) is 4.04. The van der Waals surface area contributed by atoms with Gasteiger partial charge in [0.2, 0.25) is 0 Å². The number of ether oxygens (including phenoxy) is 1. The molecule has 3 nitrogen and oxygen atoms in total. The first kappa shape index (κ1) is 13.6. The zero-order valence-corrected chi connectivity index (χ0v) is 12.8. The van der Waals surface area contributed by atoms with Crippen LogP contribution in [0.15, 0.2) is 73.1 Å². The lowest BCUT2D eigenvalue weighted by molar-refractivity contribution is 0.416. The summed E-state index contributed by atoms with van der Waals surface area (Å²) in [5.41, 5.74) is 5.31. The van der Waals surface area contributed by atoms with Crippen LogP contribution >= 0.6 is 0 Å². The van der Waals surface area contributed by atoms with Crippen molar-refractivity contribution < 1.29 is 4.74 Å². The van der Waals surface area contributed by atoms with E-state index < -0.39 is 0 Å². The molecule has 2 aromatic carbocycles. The maximum Gasteiger partial charge on any atom is 0.137 e. The van der Waals surface area contributed by atoms with Gasteiger partial charge >= 0.3 is 0 Å². The Morgan fingerprint density at radius 2 is 1.65 bits per heavy atom. The quantitative estimate of drug-likeness (QED) is 0.584. The number of aromatic nitrogens is 2.